The van der Waals surface area contributed by atoms with Gasteiger partial charge in [0.05, 0.1) is 18.2 Å². The third-order valence-electron chi connectivity index (χ3n) is 3.91. The van der Waals surface area contributed by atoms with Crippen LogP contribution in [0.5, 0.6) is 17.2 Å². The molecule has 26 heavy (non-hydrogen) atoms. The van der Waals surface area contributed by atoms with Crippen LogP contribution in [0.15, 0.2) is 40.9 Å². The zero-order valence-electron chi connectivity index (χ0n) is 14.2. The number of ether oxygens (including phenoxy) is 3. The molecule has 0 aliphatic carbocycles. The molecule has 0 atom stereocenters. The van der Waals surface area contributed by atoms with Gasteiger partial charge in [-0.05, 0) is 42.0 Å². The molecular weight excluding hydrogens is 356 g/mol. The lowest BCUT2D eigenvalue weighted by atomic mass is 10.2. The molecule has 0 fully saturated rings. The van der Waals surface area contributed by atoms with Crippen LogP contribution >= 0.6 is 11.6 Å². The number of hydrogen-bond donors (Lipinski definition) is 0. The maximum atomic E-state index is 6.31. The summed E-state index contributed by atoms with van der Waals surface area (Å²) < 4.78 is 22.2. The molecule has 3 aromatic rings. The number of halogens is 1. The van der Waals surface area contributed by atoms with Crippen molar-refractivity contribution in [2.24, 2.45) is 0 Å². The van der Waals surface area contributed by atoms with Crippen LogP contribution in [0.2, 0.25) is 5.02 Å². The van der Waals surface area contributed by atoms with E-state index in [1.165, 1.54) is 0 Å². The molecule has 2 heterocycles. The molecule has 6 nitrogen and oxygen atoms in total. The Labute approximate surface area is 155 Å². The first kappa shape index (κ1) is 16.7. The first-order valence-electron chi connectivity index (χ1n) is 8.30. The van der Waals surface area contributed by atoms with Crippen molar-refractivity contribution < 1.29 is 18.7 Å². The Kier molecular flexibility index (Phi) is 4.67. The van der Waals surface area contributed by atoms with E-state index in [1.54, 1.807) is 6.92 Å². The quantitative estimate of drug-likeness (QED) is 0.674. The van der Waals surface area contributed by atoms with E-state index in [4.69, 9.17) is 30.3 Å². The standard InChI is InChI=1S/C19H17ClN2O4/c1-12-21-19(22-26-12)14-3-5-15(6-4-14)25-11-13-9-16(20)18-17(10-13)23-7-2-8-24-18/h3-6,9-10H,2,7-8,11H2,1H3. The van der Waals surface area contributed by atoms with Crippen molar-refractivity contribution in [2.45, 2.75) is 20.0 Å². The van der Waals surface area contributed by atoms with Crippen LogP contribution in [-0.2, 0) is 6.61 Å². The van der Waals surface area contributed by atoms with Gasteiger partial charge in [0.1, 0.15) is 12.4 Å². The smallest absolute Gasteiger partial charge is 0.223 e. The Morgan fingerprint density at radius 2 is 1.92 bits per heavy atom. The monoisotopic (exact) mass is 372 g/mol. The Morgan fingerprint density at radius 3 is 2.69 bits per heavy atom. The summed E-state index contributed by atoms with van der Waals surface area (Å²) in [5.41, 5.74) is 1.78. The summed E-state index contributed by atoms with van der Waals surface area (Å²) in [5.74, 6) is 3.09. The minimum absolute atomic E-state index is 0.372. The lowest BCUT2D eigenvalue weighted by molar-refractivity contribution is 0.295. The van der Waals surface area contributed by atoms with E-state index in [0.29, 0.717) is 48.1 Å². The van der Waals surface area contributed by atoms with Gasteiger partial charge in [-0.25, -0.2) is 0 Å². The van der Waals surface area contributed by atoms with E-state index in [0.717, 1.165) is 23.3 Å². The highest BCUT2D eigenvalue weighted by atomic mass is 35.5. The fraction of sp³-hybridized carbons (Fsp3) is 0.263. The van der Waals surface area contributed by atoms with E-state index in [-0.39, 0.29) is 0 Å². The van der Waals surface area contributed by atoms with Gasteiger partial charge in [0.15, 0.2) is 11.5 Å². The highest BCUT2D eigenvalue weighted by Gasteiger charge is 2.16. The number of nitrogens with zero attached hydrogens (tertiary/aromatic N) is 2. The first-order chi connectivity index (χ1) is 12.7. The van der Waals surface area contributed by atoms with Gasteiger partial charge in [0.2, 0.25) is 11.7 Å². The molecule has 0 unspecified atom stereocenters. The summed E-state index contributed by atoms with van der Waals surface area (Å²) in [5, 5.41) is 4.43. The number of fused-ring (bicyclic) bond motifs is 1. The molecule has 1 aromatic heterocycles. The van der Waals surface area contributed by atoms with Gasteiger partial charge in [0.25, 0.3) is 0 Å². The molecule has 0 bridgehead atoms. The molecule has 0 amide bonds. The average molecular weight is 373 g/mol. The second-order valence-electron chi connectivity index (χ2n) is 5.91. The van der Waals surface area contributed by atoms with Crippen molar-refractivity contribution in [1.29, 1.82) is 0 Å². The van der Waals surface area contributed by atoms with Crippen molar-refractivity contribution >= 4 is 11.6 Å². The first-order valence-corrected chi connectivity index (χ1v) is 8.68. The molecule has 0 saturated carbocycles. The van der Waals surface area contributed by atoms with Crippen molar-refractivity contribution in [3.05, 3.63) is 52.9 Å². The number of rotatable bonds is 4. The van der Waals surface area contributed by atoms with E-state index >= 15 is 0 Å². The lowest BCUT2D eigenvalue weighted by Gasteiger charge is -2.12. The predicted octanol–water partition coefficient (Wildman–Crippen LogP) is 4.44. The molecule has 7 heteroatoms. The molecule has 0 saturated heterocycles. The van der Waals surface area contributed by atoms with Crippen LogP contribution in [0.1, 0.15) is 17.9 Å². The van der Waals surface area contributed by atoms with Gasteiger partial charge in [-0.15, -0.1) is 0 Å². The third-order valence-corrected chi connectivity index (χ3v) is 4.19. The molecule has 4 rings (SSSR count). The molecular formula is C19H17ClN2O4. The van der Waals surface area contributed by atoms with E-state index < -0.39 is 0 Å². The normalized spacial score (nSPS) is 13.3. The summed E-state index contributed by atoms with van der Waals surface area (Å²) >= 11 is 6.31. The molecule has 2 aromatic carbocycles. The Bertz CT molecular complexity index is 908. The van der Waals surface area contributed by atoms with Gasteiger partial charge < -0.3 is 18.7 Å². The van der Waals surface area contributed by atoms with Gasteiger partial charge in [-0.2, -0.15) is 4.98 Å². The van der Waals surface area contributed by atoms with Crippen molar-refractivity contribution in [1.82, 2.24) is 10.1 Å². The second-order valence-corrected chi connectivity index (χ2v) is 6.31. The molecule has 0 spiro atoms. The van der Waals surface area contributed by atoms with Crippen molar-refractivity contribution in [3.63, 3.8) is 0 Å². The zero-order valence-corrected chi connectivity index (χ0v) is 15.0. The van der Waals surface area contributed by atoms with Gasteiger partial charge in [-0.3, -0.25) is 0 Å². The van der Waals surface area contributed by atoms with Crippen LogP contribution in [0.4, 0.5) is 0 Å². The van der Waals surface area contributed by atoms with E-state index in [9.17, 15) is 0 Å². The average Bonchev–Trinajstić information content (AvgIpc) is 2.93. The maximum Gasteiger partial charge on any atom is 0.223 e. The largest absolute Gasteiger partial charge is 0.489 e. The number of benzene rings is 2. The fourth-order valence-corrected chi connectivity index (χ4v) is 2.94. The summed E-state index contributed by atoms with van der Waals surface area (Å²) in [7, 11) is 0. The van der Waals surface area contributed by atoms with Gasteiger partial charge >= 0.3 is 0 Å². The molecule has 134 valence electrons. The summed E-state index contributed by atoms with van der Waals surface area (Å²) in [6, 6.07) is 11.3. The van der Waals surface area contributed by atoms with E-state index in [1.807, 2.05) is 36.4 Å². The van der Waals surface area contributed by atoms with E-state index in [2.05, 4.69) is 10.1 Å². The van der Waals surface area contributed by atoms with Crippen molar-refractivity contribution in [3.8, 4) is 28.6 Å². The summed E-state index contributed by atoms with van der Waals surface area (Å²) in [6.07, 6.45) is 0.836. The molecule has 1 aliphatic rings. The van der Waals surface area contributed by atoms with Crippen LogP contribution < -0.4 is 14.2 Å². The van der Waals surface area contributed by atoms with Crippen LogP contribution in [0.3, 0.4) is 0 Å². The highest BCUT2D eigenvalue weighted by Crippen LogP contribution is 2.38. The Hall–Kier alpha value is -2.73. The summed E-state index contributed by atoms with van der Waals surface area (Å²) in [6.45, 7) is 3.35. The molecule has 0 N–H and O–H groups in total. The lowest BCUT2D eigenvalue weighted by Crippen LogP contribution is -1.98. The SMILES string of the molecule is Cc1nc(-c2ccc(OCc3cc(Cl)c4c(c3)OCCCO4)cc2)no1. The number of hydrogen-bond acceptors (Lipinski definition) is 6. The van der Waals surface area contributed by atoms with Crippen molar-refractivity contribution in [2.75, 3.05) is 13.2 Å². The highest BCUT2D eigenvalue weighted by molar-refractivity contribution is 6.32. The number of aryl methyl sites for hydroxylation is 1. The summed E-state index contributed by atoms with van der Waals surface area (Å²) in [4.78, 5) is 4.20. The minimum atomic E-state index is 0.372. The topological polar surface area (TPSA) is 66.6 Å². The Morgan fingerprint density at radius 1 is 1.12 bits per heavy atom. The van der Waals surface area contributed by atoms with Gasteiger partial charge in [-0.1, -0.05) is 16.8 Å². The molecule has 0 radical (unpaired) electrons. The van der Waals surface area contributed by atoms with Gasteiger partial charge in [0, 0.05) is 18.9 Å². The minimum Gasteiger partial charge on any atom is -0.489 e. The van der Waals surface area contributed by atoms with Crippen LogP contribution in [-0.4, -0.2) is 23.4 Å². The van der Waals surface area contributed by atoms with Crippen LogP contribution in [0.25, 0.3) is 11.4 Å². The predicted molar refractivity (Wildman–Crippen MR) is 95.9 cm³/mol. The fourth-order valence-electron chi connectivity index (χ4n) is 2.65. The number of aromatic nitrogens is 2. The second kappa shape index (κ2) is 7.25. The Balaban J connectivity index is 1.45. The van der Waals surface area contributed by atoms with Crippen LogP contribution in [0, 0.1) is 6.92 Å². The maximum absolute atomic E-state index is 6.31. The zero-order chi connectivity index (χ0) is 17.9. The molecule has 1 aliphatic heterocycles. The third kappa shape index (κ3) is 3.60.